The van der Waals surface area contributed by atoms with Crippen LogP contribution in [0.4, 0.5) is 5.95 Å². The van der Waals surface area contributed by atoms with Gasteiger partial charge in [0.2, 0.25) is 5.95 Å². The Morgan fingerprint density at radius 1 is 1.46 bits per heavy atom. The van der Waals surface area contributed by atoms with Crippen LogP contribution in [-0.2, 0) is 4.74 Å². The number of carbonyl (C=O) groups excluding carboxylic acids is 1. The molecule has 0 spiro atoms. The van der Waals surface area contributed by atoms with Crippen LogP contribution >= 0.6 is 11.3 Å². The van der Waals surface area contributed by atoms with Crippen LogP contribution in [0.25, 0.3) is 0 Å². The highest BCUT2D eigenvalue weighted by atomic mass is 32.1. The lowest BCUT2D eigenvalue weighted by atomic mass is 10.2. The van der Waals surface area contributed by atoms with E-state index in [0.29, 0.717) is 36.3 Å². The van der Waals surface area contributed by atoms with E-state index in [4.69, 9.17) is 9.47 Å². The van der Waals surface area contributed by atoms with E-state index in [9.17, 15) is 4.79 Å². The molecule has 1 saturated heterocycles. The van der Waals surface area contributed by atoms with E-state index in [1.54, 1.807) is 18.2 Å². The van der Waals surface area contributed by atoms with Gasteiger partial charge in [-0.1, -0.05) is 0 Å². The first-order valence-corrected chi connectivity index (χ1v) is 8.50. The summed E-state index contributed by atoms with van der Waals surface area (Å²) in [7, 11) is 5.35. The number of amides is 1. The minimum Gasteiger partial charge on any atom is -0.495 e. The lowest BCUT2D eigenvalue weighted by Gasteiger charge is -2.32. The number of nitrogens with zero attached hydrogens (tertiary/aromatic N) is 4. The van der Waals surface area contributed by atoms with Gasteiger partial charge in [-0.3, -0.25) is 4.79 Å². The predicted octanol–water partition coefficient (Wildman–Crippen LogP) is 1.83. The van der Waals surface area contributed by atoms with Crippen LogP contribution in [0.1, 0.15) is 21.5 Å². The Bertz CT molecular complexity index is 719. The van der Waals surface area contributed by atoms with Gasteiger partial charge in [-0.05, 0) is 17.5 Å². The van der Waals surface area contributed by atoms with Crippen LogP contribution in [-0.4, -0.2) is 61.7 Å². The second-order valence-electron chi connectivity index (χ2n) is 5.60. The normalized spacial score (nSPS) is 17.6. The molecule has 0 radical (unpaired) electrons. The summed E-state index contributed by atoms with van der Waals surface area (Å²) in [6, 6.07) is 3.64. The summed E-state index contributed by atoms with van der Waals surface area (Å²) in [5.41, 5.74) is 0.782. The van der Waals surface area contributed by atoms with Crippen LogP contribution in [0.15, 0.2) is 23.7 Å². The molecule has 1 aliphatic rings. The molecule has 0 aromatic carbocycles. The number of ether oxygens (including phenoxy) is 2. The van der Waals surface area contributed by atoms with Crippen molar-refractivity contribution in [3.63, 3.8) is 0 Å². The van der Waals surface area contributed by atoms with Crippen LogP contribution in [0, 0.1) is 0 Å². The van der Waals surface area contributed by atoms with Crippen molar-refractivity contribution in [2.75, 3.05) is 45.8 Å². The molecule has 0 aliphatic carbocycles. The third-order valence-corrected chi connectivity index (χ3v) is 4.67. The number of hydrogen-bond acceptors (Lipinski definition) is 7. The molecule has 3 rings (SSSR count). The standard InChI is InChI=1S/C16H20N4O3S/c1-19(2)16-17-6-4-11(18-16)13-10-20(7-8-23-13)15(21)14-12(22-3)5-9-24-14/h4-6,9,13H,7-8,10H2,1-3H3/t13-/m0/s1. The molecule has 0 bridgehead atoms. The number of thiophene rings is 1. The molecule has 2 aromatic rings. The van der Waals surface area contributed by atoms with Gasteiger partial charge in [-0.25, -0.2) is 9.97 Å². The van der Waals surface area contributed by atoms with Crippen LogP contribution in [0.2, 0.25) is 0 Å². The van der Waals surface area contributed by atoms with Crippen LogP contribution in [0.3, 0.4) is 0 Å². The van der Waals surface area contributed by atoms with Crippen LogP contribution in [0.5, 0.6) is 5.75 Å². The van der Waals surface area contributed by atoms with E-state index in [1.807, 2.05) is 36.5 Å². The van der Waals surface area contributed by atoms with E-state index in [0.717, 1.165) is 5.69 Å². The Labute approximate surface area is 144 Å². The predicted molar refractivity (Wildman–Crippen MR) is 91.8 cm³/mol. The number of aromatic nitrogens is 2. The Kier molecular flexibility index (Phi) is 4.96. The number of methoxy groups -OCH3 is 1. The van der Waals surface area contributed by atoms with Crippen molar-refractivity contribution >= 4 is 23.2 Å². The van der Waals surface area contributed by atoms with Crippen molar-refractivity contribution in [3.05, 3.63) is 34.3 Å². The molecule has 1 aliphatic heterocycles. The van der Waals surface area contributed by atoms with Gasteiger partial charge in [0.25, 0.3) is 5.91 Å². The topological polar surface area (TPSA) is 67.8 Å². The molecule has 1 amide bonds. The number of carbonyl (C=O) groups is 1. The van der Waals surface area contributed by atoms with Crippen molar-refractivity contribution < 1.29 is 14.3 Å². The fourth-order valence-electron chi connectivity index (χ4n) is 2.53. The highest BCUT2D eigenvalue weighted by Gasteiger charge is 2.29. The molecule has 1 fully saturated rings. The summed E-state index contributed by atoms with van der Waals surface area (Å²) in [4.78, 5) is 25.7. The van der Waals surface area contributed by atoms with Gasteiger partial charge in [0.1, 0.15) is 16.7 Å². The zero-order valence-corrected chi connectivity index (χ0v) is 14.7. The third kappa shape index (κ3) is 3.34. The minimum absolute atomic E-state index is 0.0305. The smallest absolute Gasteiger partial charge is 0.267 e. The first-order chi connectivity index (χ1) is 11.6. The Morgan fingerprint density at radius 3 is 3.04 bits per heavy atom. The monoisotopic (exact) mass is 348 g/mol. The number of rotatable bonds is 4. The van der Waals surface area contributed by atoms with E-state index in [-0.39, 0.29) is 12.0 Å². The first-order valence-electron chi connectivity index (χ1n) is 7.62. The van der Waals surface area contributed by atoms with Crippen molar-refractivity contribution in [2.45, 2.75) is 6.10 Å². The molecule has 8 heteroatoms. The SMILES string of the molecule is COc1ccsc1C(=O)N1CCO[C@H](c2ccnc(N(C)C)n2)C1. The maximum atomic E-state index is 12.8. The zero-order chi connectivity index (χ0) is 17.1. The quantitative estimate of drug-likeness (QED) is 0.840. The van der Waals surface area contributed by atoms with Gasteiger partial charge < -0.3 is 19.3 Å². The number of morpholine rings is 1. The van der Waals surface area contributed by atoms with Crippen molar-refractivity contribution in [1.82, 2.24) is 14.9 Å². The molecule has 0 unspecified atom stereocenters. The Morgan fingerprint density at radius 2 is 2.29 bits per heavy atom. The molecule has 0 saturated carbocycles. The maximum absolute atomic E-state index is 12.8. The second-order valence-corrected chi connectivity index (χ2v) is 6.52. The fourth-order valence-corrected chi connectivity index (χ4v) is 3.35. The summed E-state index contributed by atoms with van der Waals surface area (Å²) in [6.07, 6.45) is 1.46. The van der Waals surface area contributed by atoms with Gasteiger partial charge in [-0.15, -0.1) is 11.3 Å². The highest BCUT2D eigenvalue weighted by Crippen LogP contribution is 2.28. The number of anilines is 1. The molecule has 1 atom stereocenters. The molecular weight excluding hydrogens is 328 g/mol. The molecule has 2 aromatic heterocycles. The molecule has 3 heterocycles. The third-order valence-electron chi connectivity index (χ3n) is 3.79. The molecule has 24 heavy (non-hydrogen) atoms. The summed E-state index contributed by atoms with van der Waals surface area (Å²) >= 11 is 1.39. The molecule has 128 valence electrons. The average Bonchev–Trinajstić information content (AvgIpc) is 3.10. The average molecular weight is 348 g/mol. The zero-order valence-electron chi connectivity index (χ0n) is 13.9. The van der Waals surface area contributed by atoms with E-state index >= 15 is 0 Å². The molecular formula is C16H20N4O3S. The van der Waals surface area contributed by atoms with Crippen molar-refractivity contribution in [3.8, 4) is 5.75 Å². The lowest BCUT2D eigenvalue weighted by Crippen LogP contribution is -2.42. The number of hydrogen-bond donors (Lipinski definition) is 0. The largest absolute Gasteiger partial charge is 0.495 e. The van der Waals surface area contributed by atoms with Gasteiger partial charge in [-0.2, -0.15) is 0 Å². The summed E-state index contributed by atoms with van der Waals surface area (Å²) in [5, 5.41) is 1.86. The maximum Gasteiger partial charge on any atom is 0.267 e. The highest BCUT2D eigenvalue weighted by molar-refractivity contribution is 7.12. The van der Waals surface area contributed by atoms with Crippen molar-refractivity contribution in [1.29, 1.82) is 0 Å². The van der Waals surface area contributed by atoms with Gasteiger partial charge in [0.05, 0.1) is 26.0 Å². The van der Waals surface area contributed by atoms with E-state index < -0.39 is 0 Å². The second kappa shape index (κ2) is 7.14. The summed E-state index contributed by atoms with van der Waals surface area (Å²) in [6.45, 7) is 1.50. The lowest BCUT2D eigenvalue weighted by molar-refractivity contribution is -0.0246. The summed E-state index contributed by atoms with van der Waals surface area (Å²) < 4.78 is 11.1. The van der Waals surface area contributed by atoms with Gasteiger partial charge in [0, 0.05) is 26.8 Å². The van der Waals surface area contributed by atoms with Gasteiger partial charge in [0.15, 0.2) is 0 Å². The van der Waals surface area contributed by atoms with Crippen molar-refractivity contribution in [2.24, 2.45) is 0 Å². The molecule has 0 N–H and O–H groups in total. The minimum atomic E-state index is -0.254. The van der Waals surface area contributed by atoms with E-state index in [1.165, 1.54) is 11.3 Å². The van der Waals surface area contributed by atoms with E-state index in [2.05, 4.69) is 9.97 Å². The summed E-state index contributed by atoms with van der Waals surface area (Å²) in [5.74, 6) is 1.21. The first kappa shape index (κ1) is 16.7. The van der Waals surface area contributed by atoms with Crippen LogP contribution < -0.4 is 9.64 Å². The molecule has 7 nitrogen and oxygen atoms in total. The Hall–Kier alpha value is -2.19. The fraction of sp³-hybridized carbons (Fsp3) is 0.438. The van der Waals surface area contributed by atoms with Gasteiger partial charge >= 0.3 is 0 Å². The Balaban J connectivity index is 1.77.